The molecule has 1 aromatic rings. The fourth-order valence-corrected chi connectivity index (χ4v) is 1.91. The topological polar surface area (TPSA) is 69.6 Å². The van der Waals surface area contributed by atoms with Crippen LogP contribution in [0.4, 0.5) is 5.69 Å². The van der Waals surface area contributed by atoms with E-state index in [9.17, 15) is 9.90 Å². The Hall–Kier alpha value is -1.42. The van der Waals surface area contributed by atoms with Crippen molar-refractivity contribution in [3.63, 3.8) is 0 Å². The van der Waals surface area contributed by atoms with E-state index in [1.165, 1.54) is 6.07 Å². The van der Waals surface area contributed by atoms with Gasteiger partial charge in [-0.15, -0.1) is 0 Å². The van der Waals surface area contributed by atoms with E-state index >= 15 is 0 Å². The Balaban J connectivity index is 2.22. The van der Waals surface area contributed by atoms with Gasteiger partial charge in [0, 0.05) is 11.1 Å². The fraction of sp³-hybridized carbons (Fsp3) is 0.364. The molecule has 1 aliphatic rings. The zero-order chi connectivity index (χ0) is 11.7. The highest BCUT2D eigenvalue weighted by Gasteiger charge is 2.26. The standard InChI is InChI=1S/C11H12ClNO3/c12-8-4-10(14)9(13-5-11(15)16)3-7(8)6-1-2-6/h3-4,6,13-14H,1-2,5H2,(H,15,16). The van der Waals surface area contributed by atoms with E-state index in [1.807, 2.05) is 0 Å². The second-order valence-corrected chi connectivity index (χ2v) is 4.32. The van der Waals surface area contributed by atoms with Crippen molar-refractivity contribution in [1.82, 2.24) is 0 Å². The molecule has 0 atom stereocenters. The molecule has 0 heterocycles. The number of carboxylic acids is 1. The molecule has 3 N–H and O–H groups in total. The maximum Gasteiger partial charge on any atom is 0.322 e. The minimum Gasteiger partial charge on any atom is -0.506 e. The number of aliphatic carboxylic acids is 1. The molecule has 0 unspecified atom stereocenters. The molecule has 0 amide bonds. The first-order valence-corrected chi connectivity index (χ1v) is 5.44. The Labute approximate surface area is 97.9 Å². The Morgan fingerprint density at radius 2 is 2.19 bits per heavy atom. The molecule has 2 rings (SSSR count). The second kappa shape index (κ2) is 4.22. The minimum atomic E-state index is -0.970. The van der Waals surface area contributed by atoms with Crippen molar-refractivity contribution in [3.8, 4) is 5.75 Å². The van der Waals surface area contributed by atoms with E-state index in [4.69, 9.17) is 16.7 Å². The van der Waals surface area contributed by atoms with Crippen molar-refractivity contribution in [2.45, 2.75) is 18.8 Å². The first-order valence-electron chi connectivity index (χ1n) is 5.06. The van der Waals surface area contributed by atoms with Crippen molar-refractivity contribution in [1.29, 1.82) is 0 Å². The predicted octanol–water partition coefficient (Wildman–Crippen LogP) is 2.42. The Bertz CT molecular complexity index is 429. The van der Waals surface area contributed by atoms with Crippen molar-refractivity contribution in [3.05, 3.63) is 22.7 Å². The first-order chi connectivity index (χ1) is 7.58. The molecule has 0 aromatic heterocycles. The molecule has 86 valence electrons. The van der Waals surface area contributed by atoms with Crippen molar-refractivity contribution in [2.24, 2.45) is 0 Å². The predicted molar refractivity (Wildman–Crippen MR) is 61.2 cm³/mol. The number of phenolic OH excluding ortho intramolecular Hbond substituents is 1. The summed E-state index contributed by atoms with van der Waals surface area (Å²) in [4.78, 5) is 10.4. The van der Waals surface area contributed by atoms with Gasteiger partial charge in [0.15, 0.2) is 0 Å². The van der Waals surface area contributed by atoms with Crippen LogP contribution in [-0.2, 0) is 4.79 Å². The highest BCUT2D eigenvalue weighted by atomic mass is 35.5. The summed E-state index contributed by atoms with van der Waals surface area (Å²) in [6, 6.07) is 3.19. The summed E-state index contributed by atoms with van der Waals surface area (Å²) in [6.07, 6.45) is 2.20. The third-order valence-electron chi connectivity index (χ3n) is 2.56. The number of halogens is 1. The lowest BCUT2D eigenvalue weighted by atomic mass is 10.1. The lowest BCUT2D eigenvalue weighted by Gasteiger charge is -2.10. The van der Waals surface area contributed by atoms with Gasteiger partial charge < -0.3 is 15.5 Å². The van der Waals surface area contributed by atoms with Gasteiger partial charge in [-0.2, -0.15) is 0 Å². The summed E-state index contributed by atoms with van der Waals surface area (Å²) in [5.41, 5.74) is 1.40. The number of rotatable bonds is 4. The summed E-state index contributed by atoms with van der Waals surface area (Å²) in [7, 11) is 0. The number of benzene rings is 1. The van der Waals surface area contributed by atoms with Crippen LogP contribution >= 0.6 is 11.6 Å². The van der Waals surface area contributed by atoms with E-state index in [0.29, 0.717) is 16.6 Å². The Morgan fingerprint density at radius 1 is 1.50 bits per heavy atom. The normalized spacial score (nSPS) is 14.8. The minimum absolute atomic E-state index is 0.0179. The van der Waals surface area contributed by atoms with E-state index in [1.54, 1.807) is 6.07 Å². The molecular formula is C11H12ClNO3. The van der Waals surface area contributed by atoms with Crippen LogP contribution in [0.25, 0.3) is 0 Å². The Kier molecular flexibility index (Phi) is 2.92. The third kappa shape index (κ3) is 2.39. The number of carbonyl (C=O) groups is 1. The third-order valence-corrected chi connectivity index (χ3v) is 2.89. The fourth-order valence-electron chi connectivity index (χ4n) is 1.60. The number of carboxylic acid groups (broad SMARTS) is 1. The summed E-state index contributed by atoms with van der Waals surface area (Å²) in [5.74, 6) is -0.531. The van der Waals surface area contributed by atoms with Gasteiger partial charge in [0.25, 0.3) is 0 Å². The smallest absolute Gasteiger partial charge is 0.322 e. The highest BCUT2D eigenvalue weighted by molar-refractivity contribution is 6.31. The summed E-state index contributed by atoms with van der Waals surface area (Å²) in [5, 5.41) is 21.3. The van der Waals surface area contributed by atoms with Crippen molar-refractivity contribution in [2.75, 3.05) is 11.9 Å². The van der Waals surface area contributed by atoms with E-state index in [2.05, 4.69) is 5.32 Å². The van der Waals surface area contributed by atoms with Gasteiger partial charge in [0.2, 0.25) is 0 Å². The zero-order valence-corrected chi connectivity index (χ0v) is 9.29. The first kappa shape index (κ1) is 11.1. The van der Waals surface area contributed by atoms with Gasteiger partial charge in [-0.3, -0.25) is 4.79 Å². The molecule has 16 heavy (non-hydrogen) atoms. The largest absolute Gasteiger partial charge is 0.506 e. The van der Waals surface area contributed by atoms with Crippen LogP contribution in [-0.4, -0.2) is 22.7 Å². The molecule has 1 saturated carbocycles. The summed E-state index contributed by atoms with van der Waals surface area (Å²) in [6.45, 7) is -0.223. The van der Waals surface area contributed by atoms with E-state index < -0.39 is 5.97 Å². The number of nitrogens with one attached hydrogen (secondary N) is 1. The number of phenols is 1. The summed E-state index contributed by atoms with van der Waals surface area (Å²) >= 11 is 6.00. The molecule has 0 saturated heterocycles. The molecule has 1 aliphatic carbocycles. The average Bonchev–Trinajstić information content (AvgIpc) is 2.99. The lowest BCUT2D eigenvalue weighted by Crippen LogP contribution is -2.12. The lowest BCUT2D eigenvalue weighted by molar-refractivity contribution is -0.134. The van der Waals surface area contributed by atoms with Gasteiger partial charge in [0.05, 0.1) is 5.69 Å². The van der Waals surface area contributed by atoms with E-state index in [-0.39, 0.29) is 12.3 Å². The molecule has 0 bridgehead atoms. The number of anilines is 1. The molecular weight excluding hydrogens is 230 g/mol. The Morgan fingerprint density at radius 3 is 2.75 bits per heavy atom. The highest BCUT2D eigenvalue weighted by Crippen LogP contribution is 2.45. The van der Waals surface area contributed by atoms with Gasteiger partial charge in [-0.1, -0.05) is 11.6 Å². The number of hydrogen-bond acceptors (Lipinski definition) is 3. The second-order valence-electron chi connectivity index (χ2n) is 3.91. The molecule has 4 nitrogen and oxygen atoms in total. The maximum absolute atomic E-state index is 10.4. The van der Waals surface area contributed by atoms with E-state index in [0.717, 1.165) is 18.4 Å². The molecule has 0 radical (unpaired) electrons. The summed E-state index contributed by atoms with van der Waals surface area (Å²) < 4.78 is 0. The van der Waals surface area contributed by atoms with Crippen LogP contribution in [0.3, 0.4) is 0 Å². The van der Waals surface area contributed by atoms with Crippen LogP contribution in [0.2, 0.25) is 5.02 Å². The van der Waals surface area contributed by atoms with Gasteiger partial charge >= 0.3 is 5.97 Å². The van der Waals surface area contributed by atoms with Crippen LogP contribution in [0.1, 0.15) is 24.3 Å². The SMILES string of the molecule is O=C(O)CNc1cc(C2CC2)c(Cl)cc1O. The molecule has 1 fully saturated rings. The van der Waals surface area contributed by atoms with Crippen LogP contribution < -0.4 is 5.32 Å². The maximum atomic E-state index is 10.4. The van der Waals surface area contributed by atoms with Crippen LogP contribution in [0, 0.1) is 0 Å². The van der Waals surface area contributed by atoms with Crippen LogP contribution in [0.5, 0.6) is 5.75 Å². The van der Waals surface area contributed by atoms with Crippen molar-refractivity contribution >= 4 is 23.3 Å². The monoisotopic (exact) mass is 241 g/mol. The van der Waals surface area contributed by atoms with Gasteiger partial charge in [0.1, 0.15) is 12.3 Å². The number of aromatic hydroxyl groups is 1. The van der Waals surface area contributed by atoms with Gasteiger partial charge in [-0.05, 0) is 30.4 Å². The molecule has 1 aromatic carbocycles. The molecule has 0 aliphatic heterocycles. The van der Waals surface area contributed by atoms with Crippen LogP contribution in [0.15, 0.2) is 12.1 Å². The quantitative estimate of drug-likeness (QED) is 0.708. The molecule has 0 spiro atoms. The number of hydrogen-bond donors (Lipinski definition) is 3. The molecule has 5 heteroatoms. The van der Waals surface area contributed by atoms with Crippen molar-refractivity contribution < 1.29 is 15.0 Å². The average molecular weight is 242 g/mol. The zero-order valence-electron chi connectivity index (χ0n) is 8.53. The van der Waals surface area contributed by atoms with Gasteiger partial charge in [-0.25, -0.2) is 0 Å².